The van der Waals surface area contributed by atoms with Crippen LogP contribution in [0.4, 0.5) is 0 Å². The minimum Gasteiger partial charge on any atom is -0.508 e. The molecule has 0 saturated carbocycles. The van der Waals surface area contributed by atoms with E-state index >= 15 is 0 Å². The van der Waals surface area contributed by atoms with Crippen molar-refractivity contribution in [2.45, 2.75) is 46.9 Å². The van der Waals surface area contributed by atoms with Crippen LogP contribution in [-0.2, 0) is 13.1 Å². The Hall–Kier alpha value is -2.16. The van der Waals surface area contributed by atoms with E-state index in [0.717, 1.165) is 23.4 Å². The number of halogens is 1. The van der Waals surface area contributed by atoms with Crippen molar-refractivity contribution >= 4 is 29.9 Å². The maximum Gasteiger partial charge on any atom is 0.191 e. The summed E-state index contributed by atoms with van der Waals surface area (Å²) >= 11 is 0. The smallest absolute Gasteiger partial charge is 0.191 e. The molecular formula is C22H32IN3O3. The number of aryl methyl sites for hydroxylation is 1. The van der Waals surface area contributed by atoms with Gasteiger partial charge in [0.1, 0.15) is 17.2 Å². The number of nitrogens with zero attached hydrogens (tertiary/aromatic N) is 1. The monoisotopic (exact) mass is 513 g/mol. The van der Waals surface area contributed by atoms with E-state index in [1.54, 1.807) is 25.3 Å². The van der Waals surface area contributed by atoms with Crippen LogP contribution in [-0.4, -0.2) is 30.8 Å². The van der Waals surface area contributed by atoms with Crippen LogP contribution in [0.25, 0.3) is 0 Å². The fraction of sp³-hybridized carbons (Fsp3) is 0.409. The van der Waals surface area contributed by atoms with Gasteiger partial charge in [0.25, 0.3) is 0 Å². The maximum atomic E-state index is 10.0. The minimum absolute atomic E-state index is 0. The van der Waals surface area contributed by atoms with Crippen LogP contribution in [0.3, 0.4) is 0 Å². The number of hydrogen-bond acceptors (Lipinski definition) is 4. The third kappa shape index (κ3) is 8.00. The lowest BCUT2D eigenvalue weighted by molar-refractivity contribution is 0.239. The highest BCUT2D eigenvalue weighted by atomic mass is 127. The maximum absolute atomic E-state index is 10.0. The molecule has 0 bridgehead atoms. The van der Waals surface area contributed by atoms with E-state index in [4.69, 9.17) is 9.47 Å². The molecule has 29 heavy (non-hydrogen) atoms. The quantitative estimate of drug-likeness (QED) is 0.278. The summed E-state index contributed by atoms with van der Waals surface area (Å²) in [5.74, 6) is 2.44. The second-order valence-corrected chi connectivity index (χ2v) is 6.82. The van der Waals surface area contributed by atoms with Gasteiger partial charge in [0.15, 0.2) is 5.96 Å². The summed E-state index contributed by atoms with van der Waals surface area (Å²) < 4.78 is 11.2. The molecule has 0 atom stereocenters. The summed E-state index contributed by atoms with van der Waals surface area (Å²) in [7, 11) is 1.60. The highest BCUT2D eigenvalue weighted by Crippen LogP contribution is 2.24. The summed E-state index contributed by atoms with van der Waals surface area (Å²) in [4.78, 5) is 4.58. The Balaban J connectivity index is 0.00000420. The van der Waals surface area contributed by atoms with Crippen molar-refractivity contribution in [3.05, 3.63) is 53.1 Å². The molecule has 0 amide bonds. The van der Waals surface area contributed by atoms with Crippen LogP contribution in [0.1, 0.15) is 37.5 Å². The average molecular weight is 513 g/mol. The topological polar surface area (TPSA) is 75.1 Å². The Labute approximate surface area is 190 Å². The van der Waals surface area contributed by atoms with E-state index in [1.165, 1.54) is 0 Å². The Kier molecular flexibility index (Phi) is 10.6. The normalized spacial score (nSPS) is 11.0. The van der Waals surface area contributed by atoms with E-state index in [0.29, 0.717) is 30.4 Å². The molecule has 2 aromatic carbocycles. The molecule has 0 spiro atoms. The Morgan fingerprint density at radius 1 is 1.10 bits per heavy atom. The zero-order chi connectivity index (χ0) is 20.5. The minimum atomic E-state index is 0. The number of guanidine groups is 1. The number of hydrogen-bond donors (Lipinski definition) is 3. The average Bonchev–Trinajstić information content (AvgIpc) is 2.65. The molecule has 0 aromatic heterocycles. The van der Waals surface area contributed by atoms with Crippen molar-refractivity contribution in [2.75, 3.05) is 13.7 Å². The first-order chi connectivity index (χ1) is 13.4. The molecule has 160 valence electrons. The van der Waals surface area contributed by atoms with Gasteiger partial charge in [0, 0.05) is 24.2 Å². The first-order valence-corrected chi connectivity index (χ1v) is 9.57. The first-order valence-electron chi connectivity index (χ1n) is 9.57. The van der Waals surface area contributed by atoms with Crippen molar-refractivity contribution in [3.8, 4) is 17.2 Å². The van der Waals surface area contributed by atoms with Crippen molar-refractivity contribution in [2.24, 2.45) is 4.99 Å². The molecule has 0 unspecified atom stereocenters. The molecule has 0 aliphatic rings. The van der Waals surface area contributed by atoms with Crippen molar-refractivity contribution < 1.29 is 14.6 Å². The second-order valence-electron chi connectivity index (χ2n) is 6.82. The molecular weight excluding hydrogens is 481 g/mol. The summed E-state index contributed by atoms with van der Waals surface area (Å²) in [6.07, 6.45) is 0.110. The number of phenolic OH excluding ortho intramolecular Hbond substituents is 1. The van der Waals surface area contributed by atoms with Gasteiger partial charge in [-0.3, -0.25) is 0 Å². The molecule has 2 rings (SSSR count). The Bertz CT molecular complexity index is 810. The number of aliphatic imine (C=N–C) groups is 1. The SMILES string of the molecule is CCNC(=NCc1cc(OC)ccc1O)NCc1ccc(C)cc1OC(C)C.I. The van der Waals surface area contributed by atoms with Gasteiger partial charge in [-0.25, -0.2) is 4.99 Å². The van der Waals surface area contributed by atoms with Crippen molar-refractivity contribution in [1.82, 2.24) is 10.6 Å². The van der Waals surface area contributed by atoms with Gasteiger partial charge >= 0.3 is 0 Å². The van der Waals surface area contributed by atoms with Gasteiger partial charge in [0.05, 0.1) is 19.8 Å². The van der Waals surface area contributed by atoms with Gasteiger partial charge in [-0.05, 0) is 57.5 Å². The molecule has 2 aromatic rings. The highest BCUT2D eigenvalue weighted by molar-refractivity contribution is 14.0. The van der Waals surface area contributed by atoms with Crippen molar-refractivity contribution in [1.29, 1.82) is 0 Å². The largest absolute Gasteiger partial charge is 0.508 e. The number of methoxy groups -OCH3 is 1. The molecule has 0 fully saturated rings. The Morgan fingerprint density at radius 3 is 2.52 bits per heavy atom. The summed E-state index contributed by atoms with van der Waals surface area (Å²) in [6.45, 7) is 9.76. The number of phenols is 1. The standard InChI is InChI=1S/C22H31N3O3.HI/c1-6-23-22(25-14-18-12-19(27-5)9-10-20(18)26)24-13-17-8-7-16(4)11-21(17)28-15(2)3;/h7-12,15,26H,6,13-14H2,1-5H3,(H2,23,24,25);1H. The second kappa shape index (κ2) is 12.4. The van der Waals surface area contributed by atoms with Gasteiger partial charge < -0.3 is 25.2 Å². The van der Waals surface area contributed by atoms with Gasteiger partial charge in [-0.1, -0.05) is 12.1 Å². The third-order valence-corrected chi connectivity index (χ3v) is 4.07. The predicted octanol–water partition coefficient (Wildman–Crippen LogP) is 4.37. The zero-order valence-corrected chi connectivity index (χ0v) is 20.1. The lowest BCUT2D eigenvalue weighted by atomic mass is 10.1. The van der Waals surface area contributed by atoms with E-state index < -0.39 is 0 Å². The lowest BCUT2D eigenvalue weighted by Crippen LogP contribution is -2.36. The zero-order valence-electron chi connectivity index (χ0n) is 17.8. The van der Waals surface area contributed by atoms with E-state index in [-0.39, 0.29) is 35.8 Å². The molecule has 3 N–H and O–H groups in total. The highest BCUT2D eigenvalue weighted by Gasteiger charge is 2.08. The van der Waals surface area contributed by atoms with Crippen molar-refractivity contribution in [3.63, 3.8) is 0 Å². The summed E-state index contributed by atoms with van der Waals surface area (Å²) in [5, 5.41) is 16.6. The Morgan fingerprint density at radius 2 is 1.86 bits per heavy atom. The molecule has 0 saturated heterocycles. The van der Waals surface area contributed by atoms with E-state index in [2.05, 4.69) is 40.7 Å². The van der Waals surface area contributed by atoms with Crippen LogP contribution in [0.2, 0.25) is 0 Å². The van der Waals surface area contributed by atoms with E-state index in [1.807, 2.05) is 20.8 Å². The molecule has 6 nitrogen and oxygen atoms in total. The van der Waals surface area contributed by atoms with Gasteiger partial charge in [-0.2, -0.15) is 0 Å². The fourth-order valence-corrected chi connectivity index (χ4v) is 2.67. The molecule has 0 heterocycles. The molecule has 0 aliphatic heterocycles. The van der Waals surface area contributed by atoms with Gasteiger partial charge in [-0.15, -0.1) is 24.0 Å². The fourth-order valence-electron chi connectivity index (χ4n) is 2.67. The van der Waals surface area contributed by atoms with Crippen LogP contribution in [0.15, 0.2) is 41.4 Å². The summed E-state index contributed by atoms with van der Waals surface area (Å²) in [5.41, 5.74) is 2.93. The number of nitrogens with one attached hydrogen (secondary N) is 2. The predicted molar refractivity (Wildman–Crippen MR) is 129 cm³/mol. The van der Waals surface area contributed by atoms with E-state index in [9.17, 15) is 5.11 Å². The number of rotatable bonds is 8. The van der Waals surface area contributed by atoms with Crippen LogP contribution in [0, 0.1) is 6.92 Å². The van der Waals surface area contributed by atoms with Crippen LogP contribution in [0.5, 0.6) is 17.2 Å². The summed E-state index contributed by atoms with van der Waals surface area (Å²) in [6, 6.07) is 11.3. The lowest BCUT2D eigenvalue weighted by Gasteiger charge is -2.17. The van der Waals surface area contributed by atoms with Crippen LogP contribution >= 0.6 is 24.0 Å². The molecule has 0 aliphatic carbocycles. The third-order valence-electron chi connectivity index (χ3n) is 4.07. The molecule has 7 heteroatoms. The van der Waals surface area contributed by atoms with Crippen LogP contribution < -0.4 is 20.1 Å². The number of aromatic hydroxyl groups is 1. The first kappa shape index (κ1) is 24.9. The number of benzene rings is 2. The molecule has 0 radical (unpaired) electrons. The number of ether oxygens (including phenoxy) is 2. The van der Waals surface area contributed by atoms with Gasteiger partial charge in [0.2, 0.25) is 0 Å².